The average molecular weight is 258 g/mol. The van der Waals surface area contributed by atoms with E-state index in [-0.39, 0.29) is 0 Å². The third-order valence-corrected chi connectivity index (χ3v) is 3.81. The van der Waals surface area contributed by atoms with Crippen molar-refractivity contribution in [2.75, 3.05) is 26.2 Å². The summed E-state index contributed by atoms with van der Waals surface area (Å²) in [5.41, 5.74) is 1.29. The number of benzene rings is 1. The van der Waals surface area contributed by atoms with Gasteiger partial charge in [0.1, 0.15) is 0 Å². The molecule has 1 aromatic rings. The van der Waals surface area contributed by atoms with E-state index in [9.17, 15) is 0 Å². The van der Waals surface area contributed by atoms with Crippen LogP contribution < -0.4 is 5.32 Å². The van der Waals surface area contributed by atoms with Crippen LogP contribution in [-0.4, -0.2) is 37.1 Å². The van der Waals surface area contributed by atoms with Gasteiger partial charge in [0.15, 0.2) is 0 Å². The maximum absolute atomic E-state index is 3.63. The Morgan fingerprint density at radius 2 is 2.11 bits per heavy atom. The van der Waals surface area contributed by atoms with E-state index in [1.54, 1.807) is 0 Å². The average Bonchev–Trinajstić information content (AvgIpc) is 2.48. The summed E-state index contributed by atoms with van der Waals surface area (Å²) >= 11 is 0. The first kappa shape index (κ1) is 14.3. The molecule has 0 amide bonds. The van der Waals surface area contributed by atoms with Crippen LogP contribution >= 0.6 is 0 Å². The number of piperidine rings is 1. The largest absolute Gasteiger partial charge is 0.313 e. The van der Waals surface area contributed by atoms with Crippen LogP contribution in [0.5, 0.6) is 0 Å². The molecule has 2 rings (SSSR count). The lowest BCUT2D eigenvalue weighted by Gasteiger charge is -2.29. The first-order valence-electron chi connectivity index (χ1n) is 7.56. The summed E-state index contributed by atoms with van der Waals surface area (Å²) in [6, 6.07) is 11.2. The van der Waals surface area contributed by atoms with Crippen molar-refractivity contribution in [2.24, 2.45) is 0 Å². The van der Waals surface area contributed by atoms with Crippen LogP contribution in [0.25, 0.3) is 6.08 Å². The van der Waals surface area contributed by atoms with E-state index in [1.807, 2.05) is 0 Å². The molecule has 1 unspecified atom stereocenters. The molecule has 2 nitrogen and oxygen atoms in total. The van der Waals surface area contributed by atoms with Gasteiger partial charge in [0.25, 0.3) is 0 Å². The molecule has 1 aromatic carbocycles. The molecule has 1 N–H and O–H groups in total. The molecule has 0 radical (unpaired) electrons. The second kappa shape index (κ2) is 8.13. The molecule has 0 aromatic heterocycles. The summed E-state index contributed by atoms with van der Waals surface area (Å²) in [6.07, 6.45) is 8.56. The number of rotatable bonds is 6. The number of hydrogen-bond acceptors (Lipinski definition) is 2. The summed E-state index contributed by atoms with van der Waals surface area (Å²) in [5.74, 6) is 0. The Bertz CT molecular complexity index is 366. The molecule has 1 atom stereocenters. The summed E-state index contributed by atoms with van der Waals surface area (Å²) in [6.45, 7) is 6.79. The van der Waals surface area contributed by atoms with Gasteiger partial charge in [-0.15, -0.1) is 0 Å². The second-order valence-corrected chi connectivity index (χ2v) is 5.31. The molecule has 1 aliphatic rings. The van der Waals surface area contributed by atoms with E-state index < -0.39 is 0 Å². The Morgan fingerprint density at radius 3 is 2.79 bits per heavy atom. The third-order valence-electron chi connectivity index (χ3n) is 3.81. The lowest BCUT2D eigenvalue weighted by atomic mass is 10.0. The predicted octanol–water partition coefficient (Wildman–Crippen LogP) is 3.16. The summed E-state index contributed by atoms with van der Waals surface area (Å²) in [5, 5.41) is 3.63. The minimum absolute atomic E-state index is 0.693. The maximum atomic E-state index is 3.63. The summed E-state index contributed by atoms with van der Waals surface area (Å²) in [4.78, 5) is 2.52. The van der Waals surface area contributed by atoms with Crippen LogP contribution in [0.3, 0.4) is 0 Å². The first-order valence-corrected chi connectivity index (χ1v) is 7.56. The van der Waals surface area contributed by atoms with Crippen LogP contribution in [0.4, 0.5) is 0 Å². The monoisotopic (exact) mass is 258 g/mol. The molecule has 0 saturated carbocycles. The van der Waals surface area contributed by atoms with Gasteiger partial charge in [0.05, 0.1) is 0 Å². The fraction of sp³-hybridized carbons (Fsp3) is 0.529. The zero-order chi connectivity index (χ0) is 13.3. The van der Waals surface area contributed by atoms with Gasteiger partial charge in [-0.1, -0.05) is 55.8 Å². The summed E-state index contributed by atoms with van der Waals surface area (Å²) < 4.78 is 0. The van der Waals surface area contributed by atoms with E-state index in [0.717, 1.165) is 13.1 Å². The van der Waals surface area contributed by atoms with E-state index >= 15 is 0 Å². The molecule has 19 heavy (non-hydrogen) atoms. The minimum atomic E-state index is 0.693. The Kier molecular flexibility index (Phi) is 6.12. The maximum Gasteiger partial charge on any atom is 0.0195 e. The van der Waals surface area contributed by atoms with E-state index in [2.05, 4.69) is 59.6 Å². The van der Waals surface area contributed by atoms with Crippen molar-refractivity contribution in [1.82, 2.24) is 10.2 Å². The smallest absolute Gasteiger partial charge is 0.0195 e. The highest BCUT2D eigenvalue weighted by molar-refractivity contribution is 5.48. The molecule has 2 heteroatoms. The van der Waals surface area contributed by atoms with Gasteiger partial charge in [-0.05, 0) is 31.5 Å². The normalized spacial score (nSPS) is 20.2. The highest BCUT2D eigenvalue weighted by Gasteiger charge is 2.14. The first-order chi connectivity index (χ1) is 9.38. The highest BCUT2D eigenvalue weighted by Crippen LogP contribution is 2.09. The third kappa shape index (κ3) is 5.17. The molecule has 104 valence electrons. The molecular weight excluding hydrogens is 232 g/mol. The van der Waals surface area contributed by atoms with Crippen LogP contribution in [-0.2, 0) is 0 Å². The van der Waals surface area contributed by atoms with E-state index in [4.69, 9.17) is 0 Å². The lowest BCUT2D eigenvalue weighted by Crippen LogP contribution is -2.43. The Labute approximate surface area is 117 Å². The van der Waals surface area contributed by atoms with Gasteiger partial charge in [0, 0.05) is 19.1 Å². The van der Waals surface area contributed by atoms with Gasteiger partial charge in [0.2, 0.25) is 0 Å². The van der Waals surface area contributed by atoms with Crippen molar-refractivity contribution < 1.29 is 0 Å². The number of hydrogen-bond donors (Lipinski definition) is 1. The van der Waals surface area contributed by atoms with Gasteiger partial charge >= 0.3 is 0 Å². The van der Waals surface area contributed by atoms with Crippen molar-refractivity contribution in [2.45, 2.75) is 32.2 Å². The standard InChI is InChI=1S/C17H26N2/c1-2-19(15-17-12-6-7-13-18-17)14-8-11-16-9-4-3-5-10-16/h3-5,8-11,17-18H,2,6-7,12-15H2,1H3/b11-8+. The number of nitrogens with one attached hydrogen (secondary N) is 1. The second-order valence-electron chi connectivity index (χ2n) is 5.31. The molecule has 1 saturated heterocycles. The quantitative estimate of drug-likeness (QED) is 0.843. The SMILES string of the molecule is CCN(C/C=C/c1ccccc1)CC1CCCCN1. The zero-order valence-corrected chi connectivity index (χ0v) is 12.0. The fourth-order valence-corrected chi connectivity index (χ4v) is 2.63. The van der Waals surface area contributed by atoms with Gasteiger partial charge in [-0.3, -0.25) is 4.90 Å². The number of likely N-dealkylation sites (N-methyl/N-ethyl adjacent to an activating group) is 1. The molecule has 1 aliphatic heterocycles. The molecule has 0 bridgehead atoms. The van der Waals surface area contributed by atoms with Crippen LogP contribution in [0.1, 0.15) is 31.7 Å². The van der Waals surface area contributed by atoms with Crippen molar-refractivity contribution in [3.63, 3.8) is 0 Å². The molecule has 1 fully saturated rings. The van der Waals surface area contributed by atoms with Crippen molar-refractivity contribution in [1.29, 1.82) is 0 Å². The van der Waals surface area contributed by atoms with E-state index in [0.29, 0.717) is 6.04 Å². The van der Waals surface area contributed by atoms with E-state index in [1.165, 1.54) is 37.9 Å². The Morgan fingerprint density at radius 1 is 1.26 bits per heavy atom. The highest BCUT2D eigenvalue weighted by atomic mass is 15.1. The molecule has 0 aliphatic carbocycles. The molecule has 0 spiro atoms. The topological polar surface area (TPSA) is 15.3 Å². The van der Waals surface area contributed by atoms with Crippen LogP contribution in [0.2, 0.25) is 0 Å². The van der Waals surface area contributed by atoms with Gasteiger partial charge < -0.3 is 5.32 Å². The van der Waals surface area contributed by atoms with Crippen LogP contribution in [0.15, 0.2) is 36.4 Å². The zero-order valence-electron chi connectivity index (χ0n) is 12.0. The van der Waals surface area contributed by atoms with Crippen LogP contribution in [0, 0.1) is 0 Å². The molecular formula is C17H26N2. The number of nitrogens with zero attached hydrogens (tertiary/aromatic N) is 1. The van der Waals surface area contributed by atoms with Crippen molar-refractivity contribution in [3.8, 4) is 0 Å². The lowest BCUT2D eigenvalue weighted by molar-refractivity contribution is 0.252. The van der Waals surface area contributed by atoms with Gasteiger partial charge in [-0.25, -0.2) is 0 Å². The summed E-state index contributed by atoms with van der Waals surface area (Å²) in [7, 11) is 0. The van der Waals surface area contributed by atoms with Crippen molar-refractivity contribution in [3.05, 3.63) is 42.0 Å². The van der Waals surface area contributed by atoms with Crippen molar-refractivity contribution >= 4 is 6.08 Å². The fourth-order valence-electron chi connectivity index (χ4n) is 2.63. The predicted molar refractivity (Wildman–Crippen MR) is 83.2 cm³/mol. The molecule has 1 heterocycles. The Balaban J connectivity index is 1.77. The minimum Gasteiger partial charge on any atom is -0.313 e. The van der Waals surface area contributed by atoms with Gasteiger partial charge in [-0.2, -0.15) is 0 Å². The Hall–Kier alpha value is -1.12.